The monoisotopic (exact) mass is 387 g/mol. The van der Waals surface area contributed by atoms with Gasteiger partial charge in [-0.15, -0.1) is 0 Å². The molecule has 0 N–H and O–H groups in total. The van der Waals surface area contributed by atoms with Gasteiger partial charge in [0.1, 0.15) is 0 Å². The van der Waals surface area contributed by atoms with Gasteiger partial charge in [-0.2, -0.15) is 0 Å². The second-order valence-electron chi connectivity index (χ2n) is 5.27. The van der Waals surface area contributed by atoms with Gasteiger partial charge >= 0.3 is 5.97 Å². The smallest absolute Gasteiger partial charge is 0.309 e. The maximum Gasteiger partial charge on any atom is 0.309 e. The van der Waals surface area contributed by atoms with E-state index in [4.69, 9.17) is 9.47 Å². The molecule has 1 amide bonds. The molecule has 0 aromatic heterocycles. The summed E-state index contributed by atoms with van der Waals surface area (Å²) in [5.74, 6) is -1.04. The quantitative estimate of drug-likeness (QED) is 0.728. The summed E-state index contributed by atoms with van der Waals surface area (Å²) in [5, 5.41) is 0. The van der Waals surface area contributed by atoms with Gasteiger partial charge in [0.05, 0.1) is 12.5 Å². The SMILES string of the molecule is CCOC(=O)C1CCN(C(=O)COc2ccc(Br)cc2F)CC1. The molecule has 0 spiro atoms. The average Bonchev–Trinajstić information content (AvgIpc) is 2.54. The Morgan fingerprint density at radius 2 is 2.04 bits per heavy atom. The number of piperidine rings is 1. The average molecular weight is 388 g/mol. The van der Waals surface area contributed by atoms with Crippen molar-refractivity contribution in [3.05, 3.63) is 28.5 Å². The van der Waals surface area contributed by atoms with Crippen LogP contribution in [-0.4, -0.2) is 43.1 Å². The van der Waals surface area contributed by atoms with E-state index >= 15 is 0 Å². The molecule has 1 aromatic rings. The summed E-state index contributed by atoms with van der Waals surface area (Å²) < 4.78 is 24.5. The van der Waals surface area contributed by atoms with Gasteiger partial charge in [0.15, 0.2) is 18.2 Å². The molecule has 0 bridgehead atoms. The topological polar surface area (TPSA) is 55.8 Å². The number of carbonyl (C=O) groups excluding carboxylic acids is 2. The van der Waals surface area contributed by atoms with Gasteiger partial charge < -0.3 is 14.4 Å². The summed E-state index contributed by atoms with van der Waals surface area (Å²) in [4.78, 5) is 25.4. The summed E-state index contributed by atoms with van der Waals surface area (Å²) in [7, 11) is 0. The molecule has 1 saturated heterocycles. The Labute approximate surface area is 142 Å². The number of halogens is 2. The van der Waals surface area contributed by atoms with Crippen molar-refractivity contribution in [2.45, 2.75) is 19.8 Å². The van der Waals surface area contributed by atoms with Gasteiger partial charge in [0, 0.05) is 17.6 Å². The van der Waals surface area contributed by atoms with E-state index in [0.29, 0.717) is 37.0 Å². The second-order valence-corrected chi connectivity index (χ2v) is 6.19. The predicted octanol–water partition coefficient (Wildman–Crippen LogP) is 2.77. The summed E-state index contributed by atoms with van der Waals surface area (Å²) in [6.45, 7) is 2.88. The van der Waals surface area contributed by atoms with Gasteiger partial charge in [-0.1, -0.05) is 15.9 Å². The molecular weight excluding hydrogens is 369 g/mol. The van der Waals surface area contributed by atoms with Gasteiger partial charge in [-0.05, 0) is 38.0 Å². The van der Waals surface area contributed by atoms with Crippen molar-refractivity contribution in [3.63, 3.8) is 0 Å². The lowest BCUT2D eigenvalue weighted by molar-refractivity contribution is -0.151. The van der Waals surface area contributed by atoms with Crippen LogP contribution < -0.4 is 4.74 Å². The minimum atomic E-state index is -0.520. The molecule has 0 unspecified atom stereocenters. The first-order valence-corrected chi connectivity index (χ1v) is 8.32. The van der Waals surface area contributed by atoms with Crippen LogP contribution in [0.4, 0.5) is 4.39 Å². The highest BCUT2D eigenvalue weighted by molar-refractivity contribution is 9.10. The summed E-state index contributed by atoms with van der Waals surface area (Å²) in [6, 6.07) is 4.40. The maximum atomic E-state index is 13.6. The van der Waals surface area contributed by atoms with Crippen molar-refractivity contribution in [2.24, 2.45) is 5.92 Å². The third-order valence-electron chi connectivity index (χ3n) is 3.71. The highest BCUT2D eigenvalue weighted by Crippen LogP contribution is 2.22. The Balaban J connectivity index is 1.80. The van der Waals surface area contributed by atoms with Crippen molar-refractivity contribution in [2.75, 3.05) is 26.3 Å². The number of nitrogens with zero attached hydrogens (tertiary/aromatic N) is 1. The van der Waals surface area contributed by atoms with Crippen molar-refractivity contribution in [1.82, 2.24) is 4.90 Å². The normalized spacial score (nSPS) is 15.3. The minimum Gasteiger partial charge on any atom is -0.481 e. The van der Waals surface area contributed by atoms with Crippen LogP contribution in [0.2, 0.25) is 0 Å². The molecule has 0 atom stereocenters. The lowest BCUT2D eigenvalue weighted by atomic mass is 9.97. The summed E-state index contributed by atoms with van der Waals surface area (Å²) in [5.41, 5.74) is 0. The number of ether oxygens (including phenoxy) is 2. The molecule has 126 valence electrons. The van der Waals surface area contributed by atoms with Gasteiger partial charge in [-0.25, -0.2) is 4.39 Å². The molecule has 23 heavy (non-hydrogen) atoms. The molecule has 7 heteroatoms. The van der Waals surface area contributed by atoms with Crippen molar-refractivity contribution in [3.8, 4) is 5.75 Å². The maximum absolute atomic E-state index is 13.6. The first kappa shape index (κ1) is 17.7. The van der Waals surface area contributed by atoms with Crippen LogP contribution in [0.25, 0.3) is 0 Å². The van der Waals surface area contributed by atoms with Crippen molar-refractivity contribution < 1.29 is 23.5 Å². The van der Waals surface area contributed by atoms with E-state index < -0.39 is 5.82 Å². The third kappa shape index (κ3) is 4.92. The number of amides is 1. The molecule has 1 heterocycles. The van der Waals surface area contributed by atoms with E-state index in [0.717, 1.165) is 0 Å². The zero-order valence-electron chi connectivity index (χ0n) is 12.9. The number of hydrogen-bond acceptors (Lipinski definition) is 4. The fraction of sp³-hybridized carbons (Fsp3) is 0.500. The number of benzene rings is 1. The molecule has 0 radical (unpaired) electrons. The number of rotatable bonds is 5. The zero-order chi connectivity index (χ0) is 16.8. The van der Waals surface area contributed by atoms with E-state index in [1.807, 2.05) is 0 Å². The number of carbonyl (C=O) groups is 2. The first-order chi connectivity index (χ1) is 11.0. The molecule has 1 aliphatic rings. The Hall–Kier alpha value is -1.63. The lowest BCUT2D eigenvalue weighted by Gasteiger charge is -2.30. The number of hydrogen-bond donors (Lipinski definition) is 0. The van der Waals surface area contributed by atoms with E-state index in [1.165, 1.54) is 12.1 Å². The molecule has 1 fully saturated rings. The summed E-state index contributed by atoms with van der Waals surface area (Å²) >= 11 is 3.16. The fourth-order valence-corrected chi connectivity index (χ4v) is 2.78. The molecule has 1 aromatic carbocycles. The number of likely N-dealkylation sites (tertiary alicyclic amines) is 1. The molecular formula is C16H19BrFNO4. The van der Waals surface area contributed by atoms with Gasteiger partial charge in [-0.3, -0.25) is 9.59 Å². The van der Waals surface area contributed by atoms with Crippen LogP contribution in [0.3, 0.4) is 0 Å². The molecule has 5 nitrogen and oxygen atoms in total. The number of esters is 1. The highest BCUT2D eigenvalue weighted by atomic mass is 79.9. The van der Waals surface area contributed by atoms with Crippen LogP contribution in [-0.2, 0) is 14.3 Å². The molecule has 0 aliphatic carbocycles. The van der Waals surface area contributed by atoms with Crippen LogP contribution >= 0.6 is 15.9 Å². The van der Waals surface area contributed by atoms with Crippen LogP contribution in [0.5, 0.6) is 5.75 Å². The third-order valence-corrected chi connectivity index (χ3v) is 4.21. The Morgan fingerprint density at radius 3 is 2.65 bits per heavy atom. The first-order valence-electron chi connectivity index (χ1n) is 7.53. The Morgan fingerprint density at radius 1 is 1.35 bits per heavy atom. The highest BCUT2D eigenvalue weighted by Gasteiger charge is 2.28. The Bertz CT molecular complexity index is 573. The standard InChI is InChI=1S/C16H19BrFNO4/c1-2-22-16(21)11-5-7-19(8-6-11)15(20)10-23-14-4-3-12(17)9-13(14)18/h3-4,9,11H,2,5-8,10H2,1H3. The van der Waals surface area contributed by atoms with Crippen LogP contribution in [0, 0.1) is 11.7 Å². The molecule has 1 aliphatic heterocycles. The van der Waals surface area contributed by atoms with E-state index in [9.17, 15) is 14.0 Å². The van der Waals surface area contributed by atoms with E-state index in [-0.39, 0.29) is 30.2 Å². The fourth-order valence-electron chi connectivity index (χ4n) is 2.45. The Kier molecular flexibility index (Phi) is 6.38. The molecule has 0 saturated carbocycles. The van der Waals surface area contributed by atoms with E-state index in [2.05, 4.69) is 15.9 Å². The van der Waals surface area contributed by atoms with Gasteiger partial charge in [0.2, 0.25) is 0 Å². The van der Waals surface area contributed by atoms with Crippen LogP contribution in [0.15, 0.2) is 22.7 Å². The van der Waals surface area contributed by atoms with Crippen LogP contribution in [0.1, 0.15) is 19.8 Å². The van der Waals surface area contributed by atoms with Crippen molar-refractivity contribution in [1.29, 1.82) is 0 Å². The largest absolute Gasteiger partial charge is 0.481 e. The van der Waals surface area contributed by atoms with Crippen molar-refractivity contribution >= 4 is 27.8 Å². The lowest BCUT2D eigenvalue weighted by Crippen LogP contribution is -2.42. The zero-order valence-corrected chi connectivity index (χ0v) is 14.5. The van der Waals surface area contributed by atoms with E-state index in [1.54, 1.807) is 17.9 Å². The minimum absolute atomic E-state index is 0.0444. The summed E-state index contributed by atoms with van der Waals surface area (Å²) in [6.07, 6.45) is 1.16. The molecule has 2 rings (SSSR count). The second kappa shape index (κ2) is 8.29. The van der Waals surface area contributed by atoms with Gasteiger partial charge in [0.25, 0.3) is 5.91 Å². The predicted molar refractivity (Wildman–Crippen MR) is 85.5 cm³/mol.